The summed E-state index contributed by atoms with van der Waals surface area (Å²) in [4.78, 5) is 11.5. The molecule has 0 fully saturated rings. The zero-order valence-corrected chi connectivity index (χ0v) is 14.7. The molecule has 2 aromatic rings. The summed E-state index contributed by atoms with van der Waals surface area (Å²) < 4.78 is 11.8. The Bertz CT molecular complexity index is 928. The number of hydrogen-bond acceptors (Lipinski definition) is 4. The van der Waals surface area contributed by atoms with Gasteiger partial charge in [0.1, 0.15) is 23.9 Å². The molecule has 0 spiro atoms. The zero-order valence-electron chi connectivity index (χ0n) is 14.7. The molecule has 0 aromatic heterocycles. The Kier molecular flexibility index (Phi) is 4.66. The SMILES string of the molecule is NC(=O)C1=CNC2=CC=C(Oc3ccc(OCc4ccccc4)cc3)CC21. The molecule has 0 saturated carbocycles. The van der Waals surface area contributed by atoms with Gasteiger partial charge in [-0.3, -0.25) is 4.79 Å². The van der Waals surface area contributed by atoms with Crippen LogP contribution in [0.2, 0.25) is 0 Å². The van der Waals surface area contributed by atoms with Crippen LogP contribution in [0, 0.1) is 5.92 Å². The molecule has 4 rings (SSSR count). The number of rotatable bonds is 6. The van der Waals surface area contributed by atoms with Gasteiger partial charge in [-0.25, -0.2) is 0 Å². The van der Waals surface area contributed by atoms with Crippen LogP contribution in [-0.2, 0) is 11.4 Å². The monoisotopic (exact) mass is 360 g/mol. The van der Waals surface area contributed by atoms with Crippen molar-refractivity contribution in [3.05, 3.63) is 95.5 Å². The first-order valence-corrected chi connectivity index (χ1v) is 8.81. The van der Waals surface area contributed by atoms with Crippen LogP contribution in [0.4, 0.5) is 0 Å². The quantitative estimate of drug-likeness (QED) is 0.828. The predicted octanol–water partition coefficient (Wildman–Crippen LogP) is 3.40. The molecule has 2 aliphatic rings. The highest BCUT2D eigenvalue weighted by Gasteiger charge is 2.31. The topological polar surface area (TPSA) is 73.6 Å². The van der Waals surface area contributed by atoms with Crippen molar-refractivity contribution in [1.82, 2.24) is 5.32 Å². The van der Waals surface area contributed by atoms with Gasteiger partial charge >= 0.3 is 0 Å². The maximum atomic E-state index is 11.5. The smallest absolute Gasteiger partial charge is 0.246 e. The van der Waals surface area contributed by atoms with Crippen molar-refractivity contribution in [3.8, 4) is 11.5 Å². The third-order valence-electron chi connectivity index (χ3n) is 4.60. The average molecular weight is 360 g/mol. The lowest BCUT2D eigenvalue weighted by molar-refractivity contribution is -0.114. The van der Waals surface area contributed by atoms with Crippen LogP contribution in [0.1, 0.15) is 12.0 Å². The van der Waals surface area contributed by atoms with Gasteiger partial charge in [-0.1, -0.05) is 30.3 Å². The average Bonchev–Trinajstić information content (AvgIpc) is 3.12. The lowest BCUT2D eigenvalue weighted by atomic mass is 9.91. The molecule has 1 heterocycles. The van der Waals surface area contributed by atoms with Crippen molar-refractivity contribution in [2.24, 2.45) is 11.7 Å². The molecule has 0 saturated heterocycles. The highest BCUT2D eigenvalue weighted by atomic mass is 16.5. The Morgan fingerprint density at radius 3 is 2.52 bits per heavy atom. The molecule has 1 amide bonds. The summed E-state index contributed by atoms with van der Waals surface area (Å²) in [5, 5.41) is 3.09. The molecule has 1 aliphatic carbocycles. The summed E-state index contributed by atoms with van der Waals surface area (Å²) in [5.74, 6) is 1.83. The maximum Gasteiger partial charge on any atom is 0.246 e. The lowest BCUT2D eigenvalue weighted by Crippen LogP contribution is -2.22. The number of nitrogens with two attached hydrogens (primary N) is 1. The summed E-state index contributed by atoms with van der Waals surface area (Å²) in [6.45, 7) is 0.524. The number of hydrogen-bond donors (Lipinski definition) is 2. The van der Waals surface area contributed by atoms with Crippen LogP contribution in [0.3, 0.4) is 0 Å². The van der Waals surface area contributed by atoms with Crippen molar-refractivity contribution in [2.45, 2.75) is 13.0 Å². The summed E-state index contributed by atoms with van der Waals surface area (Å²) in [6, 6.07) is 17.5. The first-order chi connectivity index (χ1) is 13.2. The van der Waals surface area contributed by atoms with E-state index in [-0.39, 0.29) is 5.92 Å². The van der Waals surface area contributed by atoms with Gasteiger partial charge in [-0.2, -0.15) is 0 Å². The number of carbonyl (C=O) groups excluding carboxylic acids is 1. The summed E-state index contributed by atoms with van der Waals surface area (Å²) in [6.07, 6.45) is 6.11. The van der Waals surface area contributed by atoms with Gasteiger partial charge < -0.3 is 20.5 Å². The number of allylic oxidation sites excluding steroid dienone is 4. The third kappa shape index (κ3) is 3.87. The van der Waals surface area contributed by atoms with Crippen LogP contribution in [-0.4, -0.2) is 5.91 Å². The number of benzene rings is 2. The number of ether oxygens (including phenoxy) is 2. The third-order valence-corrected chi connectivity index (χ3v) is 4.60. The highest BCUT2D eigenvalue weighted by Crippen LogP contribution is 2.34. The second-order valence-electron chi connectivity index (χ2n) is 6.47. The van der Waals surface area contributed by atoms with Crippen LogP contribution < -0.4 is 20.5 Å². The van der Waals surface area contributed by atoms with Crippen molar-refractivity contribution >= 4 is 5.91 Å². The Hall–Kier alpha value is -3.47. The van der Waals surface area contributed by atoms with E-state index in [2.05, 4.69) is 5.32 Å². The van der Waals surface area contributed by atoms with E-state index in [9.17, 15) is 4.79 Å². The van der Waals surface area contributed by atoms with Crippen LogP contribution >= 0.6 is 0 Å². The van der Waals surface area contributed by atoms with Crippen molar-refractivity contribution in [1.29, 1.82) is 0 Å². The molecule has 27 heavy (non-hydrogen) atoms. The van der Waals surface area contributed by atoms with Crippen molar-refractivity contribution < 1.29 is 14.3 Å². The summed E-state index contributed by atoms with van der Waals surface area (Å²) >= 11 is 0. The maximum absolute atomic E-state index is 11.5. The van der Waals surface area contributed by atoms with Gasteiger partial charge in [-0.15, -0.1) is 0 Å². The van der Waals surface area contributed by atoms with Crippen LogP contribution in [0.25, 0.3) is 0 Å². The molecule has 0 bridgehead atoms. The van der Waals surface area contributed by atoms with Gasteiger partial charge in [0.25, 0.3) is 0 Å². The zero-order chi connectivity index (χ0) is 18.6. The summed E-state index contributed by atoms with van der Waals surface area (Å²) in [7, 11) is 0. The van der Waals surface area contributed by atoms with Crippen LogP contribution in [0.5, 0.6) is 11.5 Å². The van der Waals surface area contributed by atoms with E-state index >= 15 is 0 Å². The minimum atomic E-state index is -0.405. The first-order valence-electron chi connectivity index (χ1n) is 8.81. The second-order valence-corrected chi connectivity index (χ2v) is 6.47. The largest absolute Gasteiger partial charge is 0.489 e. The number of nitrogens with one attached hydrogen (secondary N) is 1. The van der Waals surface area contributed by atoms with Crippen molar-refractivity contribution in [2.75, 3.05) is 0 Å². The van der Waals surface area contributed by atoms with E-state index < -0.39 is 5.91 Å². The molecule has 5 heteroatoms. The fourth-order valence-electron chi connectivity index (χ4n) is 3.18. The normalized spacial score (nSPS) is 17.8. The van der Waals surface area contributed by atoms with Gasteiger partial charge in [0.05, 0.1) is 0 Å². The predicted molar refractivity (Wildman–Crippen MR) is 103 cm³/mol. The molecule has 3 N–H and O–H groups in total. The van der Waals surface area contributed by atoms with E-state index in [0.29, 0.717) is 18.6 Å². The molecule has 1 atom stereocenters. The van der Waals surface area contributed by atoms with E-state index in [1.165, 1.54) is 0 Å². The van der Waals surface area contributed by atoms with Gasteiger partial charge in [0.15, 0.2) is 0 Å². The molecule has 0 radical (unpaired) electrons. The van der Waals surface area contributed by atoms with Crippen molar-refractivity contribution in [3.63, 3.8) is 0 Å². The standard InChI is InChI=1S/C22H20N2O3/c23-22(25)20-13-24-21-11-10-18(12-19(20)21)27-17-8-6-16(7-9-17)26-14-15-4-2-1-3-5-15/h1-11,13,19,24H,12,14H2,(H2,23,25). The minimum Gasteiger partial charge on any atom is -0.489 e. The molecule has 5 nitrogen and oxygen atoms in total. The first kappa shape index (κ1) is 17.0. The van der Waals surface area contributed by atoms with E-state index in [4.69, 9.17) is 15.2 Å². The van der Waals surface area contributed by atoms with Gasteiger partial charge in [-0.05, 0) is 42.0 Å². The van der Waals surface area contributed by atoms with E-state index in [0.717, 1.165) is 28.5 Å². The molecular weight excluding hydrogens is 340 g/mol. The molecule has 136 valence electrons. The molecule has 2 aromatic carbocycles. The number of amides is 1. The van der Waals surface area contributed by atoms with Crippen LogP contribution in [0.15, 0.2) is 90.0 Å². The number of fused-ring (bicyclic) bond motifs is 1. The number of carbonyl (C=O) groups is 1. The van der Waals surface area contributed by atoms with E-state index in [1.807, 2.05) is 66.7 Å². The van der Waals surface area contributed by atoms with Gasteiger partial charge in [0.2, 0.25) is 5.91 Å². The fraction of sp³-hybridized carbons (Fsp3) is 0.136. The van der Waals surface area contributed by atoms with E-state index in [1.54, 1.807) is 6.20 Å². The van der Waals surface area contributed by atoms with Gasteiger partial charge in [0, 0.05) is 29.8 Å². The molecule has 1 aliphatic heterocycles. The second kappa shape index (κ2) is 7.41. The molecule has 1 unspecified atom stereocenters. The lowest BCUT2D eigenvalue weighted by Gasteiger charge is -2.20. The Morgan fingerprint density at radius 1 is 1.04 bits per heavy atom. The molecular formula is C22H20N2O3. The Morgan fingerprint density at radius 2 is 1.78 bits per heavy atom. The minimum absolute atomic E-state index is 0.0593. The Balaban J connectivity index is 1.36. The fourth-order valence-corrected chi connectivity index (χ4v) is 3.18. The Labute approximate surface area is 157 Å². The summed E-state index contributed by atoms with van der Waals surface area (Å²) in [5.41, 5.74) is 8.12. The highest BCUT2D eigenvalue weighted by molar-refractivity contribution is 5.93. The number of primary amides is 1.